The van der Waals surface area contributed by atoms with Crippen LogP contribution in [0.5, 0.6) is 5.75 Å². The minimum atomic E-state index is -3.94. The second-order valence-electron chi connectivity index (χ2n) is 7.76. The van der Waals surface area contributed by atoms with E-state index in [0.29, 0.717) is 36.0 Å². The molecule has 1 aliphatic heterocycles. The van der Waals surface area contributed by atoms with Crippen LogP contribution < -0.4 is 9.46 Å². The number of nitrogens with zero attached hydrogens (tertiary/aromatic N) is 1. The van der Waals surface area contributed by atoms with Crippen LogP contribution >= 0.6 is 0 Å². The topological polar surface area (TPSA) is 75.7 Å². The van der Waals surface area contributed by atoms with Gasteiger partial charge in [0.25, 0.3) is 15.9 Å². The number of hydrogen-bond acceptors (Lipinski definition) is 4. The maximum atomic E-state index is 13.8. The zero-order valence-corrected chi connectivity index (χ0v) is 17.1. The predicted molar refractivity (Wildman–Crippen MR) is 107 cm³/mol. The van der Waals surface area contributed by atoms with Crippen LogP contribution in [0.15, 0.2) is 41.3 Å². The zero-order valence-electron chi connectivity index (χ0n) is 16.3. The summed E-state index contributed by atoms with van der Waals surface area (Å²) in [6, 6.07) is 8.70. The molecule has 0 spiro atoms. The molecule has 1 saturated carbocycles. The lowest BCUT2D eigenvalue weighted by Gasteiger charge is -2.22. The maximum absolute atomic E-state index is 13.8. The summed E-state index contributed by atoms with van der Waals surface area (Å²) in [5, 5.41) is 0. The van der Waals surface area contributed by atoms with E-state index in [1.807, 2.05) is 0 Å². The highest BCUT2D eigenvalue weighted by Gasteiger charge is 2.32. The molecule has 154 valence electrons. The molecular formula is C21H23FN2O4S. The van der Waals surface area contributed by atoms with Gasteiger partial charge in [-0.2, -0.15) is 0 Å². The number of anilines is 1. The van der Waals surface area contributed by atoms with Gasteiger partial charge in [0.05, 0.1) is 4.90 Å². The van der Waals surface area contributed by atoms with Crippen molar-refractivity contribution in [3.8, 4) is 5.75 Å². The molecule has 2 aromatic carbocycles. The van der Waals surface area contributed by atoms with E-state index in [-0.39, 0.29) is 10.8 Å². The third kappa shape index (κ3) is 4.22. The number of hydrogen-bond donors (Lipinski definition) is 1. The van der Waals surface area contributed by atoms with E-state index >= 15 is 0 Å². The number of carbonyl (C=O) groups is 1. The van der Waals surface area contributed by atoms with Crippen molar-refractivity contribution in [3.63, 3.8) is 0 Å². The number of rotatable bonds is 5. The smallest absolute Gasteiger partial charge is 0.263 e. The molecule has 8 heteroatoms. The summed E-state index contributed by atoms with van der Waals surface area (Å²) >= 11 is 0. The molecule has 1 fully saturated rings. The number of fused-ring (bicyclic) bond motifs is 1. The summed E-state index contributed by atoms with van der Waals surface area (Å²) in [7, 11) is -3.94. The predicted octanol–water partition coefficient (Wildman–Crippen LogP) is 3.45. The highest BCUT2D eigenvalue weighted by molar-refractivity contribution is 7.92. The van der Waals surface area contributed by atoms with Crippen molar-refractivity contribution < 1.29 is 22.3 Å². The van der Waals surface area contributed by atoms with Crippen molar-refractivity contribution in [2.45, 2.75) is 44.2 Å². The van der Waals surface area contributed by atoms with Crippen LogP contribution in [-0.4, -0.2) is 31.9 Å². The molecule has 1 aliphatic carbocycles. The first-order chi connectivity index (χ1) is 13.7. The number of nitrogens with one attached hydrogen (secondary N) is 1. The van der Waals surface area contributed by atoms with E-state index in [2.05, 4.69) is 4.72 Å². The molecule has 0 saturated heterocycles. The Morgan fingerprint density at radius 2 is 1.97 bits per heavy atom. The molecule has 2 aromatic rings. The second kappa shape index (κ2) is 7.33. The van der Waals surface area contributed by atoms with E-state index in [1.54, 1.807) is 36.9 Å². The number of benzene rings is 2. The molecule has 2 aliphatic rings. The van der Waals surface area contributed by atoms with Crippen molar-refractivity contribution >= 4 is 21.6 Å². The van der Waals surface area contributed by atoms with Crippen molar-refractivity contribution in [2.24, 2.45) is 5.92 Å². The number of sulfonamides is 1. The van der Waals surface area contributed by atoms with E-state index in [0.717, 1.165) is 24.5 Å². The monoisotopic (exact) mass is 418 g/mol. The van der Waals surface area contributed by atoms with Gasteiger partial charge in [0, 0.05) is 24.3 Å². The quantitative estimate of drug-likeness (QED) is 0.807. The van der Waals surface area contributed by atoms with Crippen molar-refractivity contribution in [2.75, 3.05) is 11.3 Å². The average Bonchev–Trinajstić information content (AvgIpc) is 3.48. The van der Waals surface area contributed by atoms with Crippen LogP contribution in [0.1, 0.15) is 30.9 Å². The average molecular weight is 418 g/mol. The summed E-state index contributed by atoms with van der Waals surface area (Å²) in [5.41, 5.74) is 1.45. The lowest BCUT2D eigenvalue weighted by atomic mass is 10.1. The summed E-state index contributed by atoms with van der Waals surface area (Å²) < 4.78 is 47.4. The normalized spacial score (nSPS) is 19.3. The molecule has 6 nitrogen and oxygen atoms in total. The molecule has 1 heterocycles. The lowest BCUT2D eigenvalue weighted by molar-refractivity contribution is -0.137. The third-order valence-electron chi connectivity index (χ3n) is 5.27. The number of carbonyl (C=O) groups excluding carboxylic acids is 1. The van der Waals surface area contributed by atoms with Gasteiger partial charge >= 0.3 is 0 Å². The molecule has 29 heavy (non-hydrogen) atoms. The highest BCUT2D eigenvalue weighted by Crippen LogP contribution is 2.34. The molecule has 1 atom stereocenters. The Labute approximate surface area is 169 Å². The summed E-state index contributed by atoms with van der Waals surface area (Å²) in [5.74, 6) is 0.455. The highest BCUT2D eigenvalue weighted by atomic mass is 32.2. The molecule has 0 aromatic heterocycles. The molecule has 4 rings (SSSR count). The Hall–Kier alpha value is -2.61. The molecular weight excluding hydrogens is 395 g/mol. The minimum absolute atomic E-state index is 0.0645. The van der Waals surface area contributed by atoms with E-state index < -0.39 is 21.9 Å². The Morgan fingerprint density at radius 1 is 1.21 bits per heavy atom. The van der Waals surface area contributed by atoms with Gasteiger partial charge in [-0.3, -0.25) is 9.52 Å². The Bertz CT molecular complexity index is 1070. The third-order valence-corrected chi connectivity index (χ3v) is 6.65. The zero-order chi connectivity index (χ0) is 20.8. The maximum Gasteiger partial charge on any atom is 0.263 e. The van der Waals surface area contributed by atoms with Gasteiger partial charge in [0.15, 0.2) is 6.10 Å². The van der Waals surface area contributed by atoms with Gasteiger partial charge in [-0.1, -0.05) is 6.07 Å². The fraction of sp³-hybridized carbons (Fsp3) is 0.381. The van der Waals surface area contributed by atoms with Crippen molar-refractivity contribution in [1.29, 1.82) is 0 Å². The van der Waals surface area contributed by atoms with Gasteiger partial charge in [-0.15, -0.1) is 0 Å². The molecule has 1 unspecified atom stereocenters. The van der Waals surface area contributed by atoms with E-state index in [1.165, 1.54) is 12.1 Å². The Kier molecular flexibility index (Phi) is 4.98. The van der Waals surface area contributed by atoms with E-state index in [4.69, 9.17) is 4.74 Å². The second-order valence-corrected chi connectivity index (χ2v) is 9.44. The van der Waals surface area contributed by atoms with Crippen LogP contribution in [-0.2, 0) is 21.4 Å². The van der Waals surface area contributed by atoms with Gasteiger partial charge in [0.1, 0.15) is 11.6 Å². The van der Waals surface area contributed by atoms with Crippen LogP contribution in [0, 0.1) is 18.7 Å². The van der Waals surface area contributed by atoms with Crippen LogP contribution in [0.4, 0.5) is 10.1 Å². The number of ether oxygens (including phenoxy) is 1. The first-order valence-electron chi connectivity index (χ1n) is 9.60. The summed E-state index contributed by atoms with van der Waals surface area (Å²) in [4.78, 5) is 14.2. The fourth-order valence-corrected chi connectivity index (χ4v) is 4.45. The van der Waals surface area contributed by atoms with Gasteiger partial charge in [-0.25, -0.2) is 12.8 Å². The molecule has 0 radical (unpaired) electrons. The minimum Gasteiger partial charge on any atom is -0.481 e. The number of halogens is 1. The van der Waals surface area contributed by atoms with Crippen LogP contribution in [0.25, 0.3) is 0 Å². The lowest BCUT2D eigenvalue weighted by Crippen LogP contribution is -2.39. The number of amides is 1. The van der Waals surface area contributed by atoms with Gasteiger partial charge in [0.2, 0.25) is 0 Å². The first kappa shape index (κ1) is 19.7. The Morgan fingerprint density at radius 3 is 2.66 bits per heavy atom. The largest absolute Gasteiger partial charge is 0.481 e. The van der Waals surface area contributed by atoms with Crippen molar-refractivity contribution in [1.82, 2.24) is 4.90 Å². The molecule has 1 amide bonds. The summed E-state index contributed by atoms with van der Waals surface area (Å²) in [6.07, 6.45) is 1.66. The number of aryl methyl sites for hydroxylation is 1. The van der Waals surface area contributed by atoms with Gasteiger partial charge < -0.3 is 9.64 Å². The van der Waals surface area contributed by atoms with Gasteiger partial charge in [-0.05, 0) is 68.5 Å². The SMILES string of the molecule is Cc1ccc(S(=O)(=O)Nc2ccc3c(c2)CN(CC2CC2)C(=O)C(C)O3)cc1F. The molecule has 0 bridgehead atoms. The summed E-state index contributed by atoms with van der Waals surface area (Å²) in [6.45, 7) is 4.34. The van der Waals surface area contributed by atoms with Crippen molar-refractivity contribution in [3.05, 3.63) is 53.3 Å². The Balaban J connectivity index is 1.60. The van der Waals surface area contributed by atoms with Crippen LogP contribution in [0.3, 0.4) is 0 Å². The molecule has 1 N–H and O–H groups in total. The first-order valence-corrected chi connectivity index (χ1v) is 11.1. The van der Waals surface area contributed by atoms with Crippen LogP contribution in [0.2, 0.25) is 0 Å². The van der Waals surface area contributed by atoms with E-state index in [9.17, 15) is 17.6 Å². The standard InChI is InChI=1S/C21H23FN2O4S/c1-13-3-7-18(10-19(13)22)29(26,27)23-17-6-8-20-16(9-17)12-24(11-15-4-5-15)21(25)14(2)28-20/h3,6-10,14-15,23H,4-5,11-12H2,1-2H3. The fourth-order valence-electron chi connectivity index (χ4n) is 3.38.